The molecule has 124 valence electrons. The number of thiophene rings is 1. The third-order valence-electron chi connectivity index (χ3n) is 3.60. The minimum absolute atomic E-state index is 0.0276. The number of hydrogen-bond donors (Lipinski definition) is 2. The Morgan fingerprint density at radius 2 is 1.96 bits per heavy atom. The van der Waals surface area contributed by atoms with Gasteiger partial charge in [-0.1, -0.05) is 45.0 Å². The fourth-order valence-electron chi connectivity index (χ4n) is 2.38. The van der Waals surface area contributed by atoms with Crippen molar-refractivity contribution in [1.29, 1.82) is 0 Å². The number of carbonyl (C=O) groups is 1. The zero-order chi connectivity index (χ0) is 16.9. The van der Waals surface area contributed by atoms with E-state index in [1.807, 2.05) is 35.7 Å². The maximum atomic E-state index is 12.3. The number of urea groups is 1. The maximum absolute atomic E-state index is 12.3. The number of amides is 2. The van der Waals surface area contributed by atoms with Crippen LogP contribution in [0.15, 0.2) is 41.8 Å². The van der Waals surface area contributed by atoms with Crippen LogP contribution in [0.4, 0.5) is 4.79 Å². The molecule has 0 aliphatic carbocycles. The SMILES string of the molecule is COc1ccccc1CNC(=O)NC(c1cccs1)C(C)(C)C. The summed E-state index contributed by atoms with van der Waals surface area (Å²) in [5.74, 6) is 0.776. The molecule has 0 aliphatic rings. The first kappa shape index (κ1) is 17.3. The Balaban J connectivity index is 2.00. The van der Waals surface area contributed by atoms with E-state index in [0.717, 1.165) is 16.2 Å². The zero-order valence-corrected chi connectivity index (χ0v) is 14.9. The molecule has 1 aromatic carbocycles. The van der Waals surface area contributed by atoms with E-state index >= 15 is 0 Å². The van der Waals surface area contributed by atoms with Crippen molar-refractivity contribution in [1.82, 2.24) is 10.6 Å². The molecule has 5 heteroatoms. The van der Waals surface area contributed by atoms with Gasteiger partial charge in [-0.05, 0) is 22.9 Å². The molecular formula is C18H24N2O2S. The van der Waals surface area contributed by atoms with E-state index in [0.29, 0.717) is 6.54 Å². The third-order valence-corrected chi connectivity index (χ3v) is 4.54. The Kier molecular flexibility index (Phi) is 5.66. The molecule has 0 saturated heterocycles. The summed E-state index contributed by atoms with van der Waals surface area (Å²) in [4.78, 5) is 13.5. The zero-order valence-electron chi connectivity index (χ0n) is 14.1. The Morgan fingerprint density at radius 3 is 2.57 bits per heavy atom. The van der Waals surface area contributed by atoms with Gasteiger partial charge in [0.05, 0.1) is 13.2 Å². The normalized spacial score (nSPS) is 12.5. The second-order valence-electron chi connectivity index (χ2n) is 6.45. The molecule has 2 N–H and O–H groups in total. The van der Waals surface area contributed by atoms with Crippen LogP contribution in [0.1, 0.15) is 37.3 Å². The summed E-state index contributed by atoms with van der Waals surface area (Å²) in [5.41, 5.74) is 0.890. The van der Waals surface area contributed by atoms with Gasteiger partial charge in [0.1, 0.15) is 5.75 Å². The Labute approximate surface area is 141 Å². The van der Waals surface area contributed by atoms with Crippen molar-refractivity contribution in [2.24, 2.45) is 5.41 Å². The van der Waals surface area contributed by atoms with Crippen molar-refractivity contribution in [2.75, 3.05) is 7.11 Å². The summed E-state index contributed by atoms with van der Waals surface area (Å²) in [7, 11) is 1.63. The largest absolute Gasteiger partial charge is 0.496 e. The average Bonchev–Trinajstić information content (AvgIpc) is 3.03. The van der Waals surface area contributed by atoms with Gasteiger partial charge in [0, 0.05) is 17.0 Å². The highest BCUT2D eigenvalue weighted by Gasteiger charge is 2.28. The van der Waals surface area contributed by atoms with Crippen LogP contribution in [-0.4, -0.2) is 13.1 Å². The van der Waals surface area contributed by atoms with Crippen LogP contribution in [0.5, 0.6) is 5.75 Å². The number of rotatable bonds is 5. The van der Waals surface area contributed by atoms with Crippen molar-refractivity contribution < 1.29 is 9.53 Å². The van der Waals surface area contributed by atoms with Crippen LogP contribution in [0.3, 0.4) is 0 Å². The smallest absolute Gasteiger partial charge is 0.315 e. The summed E-state index contributed by atoms with van der Waals surface area (Å²) < 4.78 is 5.30. The van der Waals surface area contributed by atoms with Gasteiger partial charge in [-0.3, -0.25) is 0 Å². The van der Waals surface area contributed by atoms with Crippen molar-refractivity contribution in [3.05, 3.63) is 52.2 Å². The van der Waals surface area contributed by atoms with Gasteiger partial charge in [0.2, 0.25) is 0 Å². The summed E-state index contributed by atoms with van der Waals surface area (Å²) in [5, 5.41) is 8.03. The van der Waals surface area contributed by atoms with E-state index in [2.05, 4.69) is 37.5 Å². The molecule has 0 spiro atoms. The molecule has 0 saturated carbocycles. The van der Waals surface area contributed by atoms with Gasteiger partial charge in [-0.15, -0.1) is 11.3 Å². The number of para-hydroxylation sites is 1. The van der Waals surface area contributed by atoms with E-state index < -0.39 is 0 Å². The minimum atomic E-state index is -0.177. The van der Waals surface area contributed by atoms with E-state index in [9.17, 15) is 4.79 Å². The molecule has 4 nitrogen and oxygen atoms in total. The molecule has 0 aliphatic heterocycles. The Hall–Kier alpha value is -2.01. The molecule has 1 unspecified atom stereocenters. The van der Waals surface area contributed by atoms with Crippen LogP contribution in [0, 0.1) is 5.41 Å². The summed E-state index contributed by atoms with van der Waals surface area (Å²) in [6.07, 6.45) is 0. The lowest BCUT2D eigenvalue weighted by molar-refractivity contribution is 0.219. The van der Waals surface area contributed by atoms with Gasteiger partial charge in [-0.25, -0.2) is 4.79 Å². The van der Waals surface area contributed by atoms with E-state index in [4.69, 9.17) is 4.74 Å². The van der Waals surface area contributed by atoms with Crippen molar-refractivity contribution in [2.45, 2.75) is 33.4 Å². The predicted octanol–water partition coefficient (Wildman–Crippen LogP) is 4.34. The number of carbonyl (C=O) groups excluding carboxylic acids is 1. The molecule has 1 atom stereocenters. The van der Waals surface area contributed by atoms with Crippen molar-refractivity contribution in [3.63, 3.8) is 0 Å². The third kappa shape index (κ3) is 4.73. The molecule has 2 amide bonds. The molecule has 0 fully saturated rings. The number of methoxy groups -OCH3 is 1. The first-order valence-corrected chi connectivity index (χ1v) is 8.49. The summed E-state index contributed by atoms with van der Waals surface area (Å²) >= 11 is 1.66. The first-order valence-electron chi connectivity index (χ1n) is 7.61. The predicted molar refractivity (Wildman–Crippen MR) is 94.9 cm³/mol. The molecule has 2 rings (SSSR count). The minimum Gasteiger partial charge on any atom is -0.496 e. The molecule has 2 aromatic rings. The second-order valence-corrected chi connectivity index (χ2v) is 7.43. The standard InChI is InChI=1S/C18H24N2O2S/c1-18(2,3)16(15-10-7-11-23-15)20-17(21)19-12-13-8-5-6-9-14(13)22-4/h5-11,16H,12H2,1-4H3,(H2,19,20,21). The lowest BCUT2D eigenvalue weighted by Crippen LogP contribution is -2.42. The van der Waals surface area contributed by atoms with Crippen LogP contribution < -0.4 is 15.4 Å². The highest BCUT2D eigenvalue weighted by atomic mass is 32.1. The van der Waals surface area contributed by atoms with E-state index in [-0.39, 0.29) is 17.5 Å². The number of nitrogens with one attached hydrogen (secondary N) is 2. The van der Waals surface area contributed by atoms with Gasteiger partial charge in [-0.2, -0.15) is 0 Å². The van der Waals surface area contributed by atoms with Crippen molar-refractivity contribution >= 4 is 17.4 Å². The van der Waals surface area contributed by atoms with E-state index in [1.165, 1.54) is 0 Å². The van der Waals surface area contributed by atoms with Crippen molar-refractivity contribution in [3.8, 4) is 5.75 Å². The Bertz CT molecular complexity index is 633. The van der Waals surface area contributed by atoms with Crippen LogP contribution in [-0.2, 0) is 6.54 Å². The van der Waals surface area contributed by atoms with Gasteiger partial charge >= 0.3 is 6.03 Å². The van der Waals surface area contributed by atoms with Gasteiger partial charge in [0.15, 0.2) is 0 Å². The fraction of sp³-hybridized carbons (Fsp3) is 0.389. The van der Waals surface area contributed by atoms with Crippen LogP contribution in [0.25, 0.3) is 0 Å². The van der Waals surface area contributed by atoms with Gasteiger partial charge < -0.3 is 15.4 Å². The number of benzene rings is 1. The van der Waals surface area contributed by atoms with E-state index in [1.54, 1.807) is 18.4 Å². The average molecular weight is 332 g/mol. The highest BCUT2D eigenvalue weighted by Crippen LogP contribution is 2.35. The molecule has 0 bridgehead atoms. The topological polar surface area (TPSA) is 50.4 Å². The summed E-state index contributed by atoms with van der Waals surface area (Å²) in [6, 6.07) is 11.5. The highest BCUT2D eigenvalue weighted by molar-refractivity contribution is 7.10. The quantitative estimate of drug-likeness (QED) is 0.855. The van der Waals surface area contributed by atoms with Crippen LogP contribution in [0.2, 0.25) is 0 Å². The molecular weight excluding hydrogens is 308 g/mol. The molecule has 1 aromatic heterocycles. The molecule has 23 heavy (non-hydrogen) atoms. The maximum Gasteiger partial charge on any atom is 0.315 e. The number of ether oxygens (including phenoxy) is 1. The number of hydrogen-bond acceptors (Lipinski definition) is 3. The van der Waals surface area contributed by atoms with Gasteiger partial charge in [0.25, 0.3) is 0 Å². The molecule has 0 radical (unpaired) electrons. The molecule has 1 heterocycles. The monoisotopic (exact) mass is 332 g/mol. The second kappa shape index (κ2) is 7.51. The lowest BCUT2D eigenvalue weighted by Gasteiger charge is -2.30. The van der Waals surface area contributed by atoms with Crippen LogP contribution >= 0.6 is 11.3 Å². The Morgan fingerprint density at radius 1 is 1.22 bits per heavy atom. The fourth-order valence-corrected chi connectivity index (χ4v) is 3.40. The lowest BCUT2D eigenvalue weighted by atomic mass is 9.86. The first-order chi connectivity index (χ1) is 10.9. The summed E-state index contributed by atoms with van der Waals surface area (Å²) in [6.45, 7) is 6.80.